The number of aryl methyl sites for hydroxylation is 1. The fraction of sp³-hybridized carbons (Fsp3) is 0.812. The molecule has 0 bridgehead atoms. The normalized spacial score (nSPS) is 12.0. The van der Waals surface area contributed by atoms with Crippen molar-refractivity contribution in [2.45, 2.75) is 72.5 Å². The van der Waals surface area contributed by atoms with E-state index in [-0.39, 0.29) is 0 Å². The maximum atomic E-state index is 6.17. The van der Waals surface area contributed by atoms with Crippen LogP contribution in [0.2, 0.25) is 5.15 Å². The highest BCUT2D eigenvalue weighted by Gasteiger charge is 2.13. The molecule has 2 N–H and O–H groups in total. The third-order valence-corrected chi connectivity index (χ3v) is 4.03. The van der Waals surface area contributed by atoms with Gasteiger partial charge in [-0.15, -0.1) is 0 Å². The number of nitrogens with one attached hydrogen (secondary N) is 2. The number of halogens is 1. The molecular formula is C16H31ClN4. The zero-order valence-electron chi connectivity index (χ0n) is 14.2. The van der Waals surface area contributed by atoms with Gasteiger partial charge in [-0.25, -0.2) is 4.98 Å². The molecule has 1 aromatic heterocycles. The first kappa shape index (κ1) is 18.5. The molecule has 5 heteroatoms. The first-order valence-corrected chi connectivity index (χ1v) is 8.53. The van der Waals surface area contributed by atoms with Crippen molar-refractivity contribution in [1.29, 1.82) is 0 Å². The number of rotatable bonds is 10. The Morgan fingerprint density at radius 3 is 2.48 bits per heavy atom. The summed E-state index contributed by atoms with van der Waals surface area (Å²) >= 11 is 6.17. The zero-order chi connectivity index (χ0) is 15.8. The molecule has 1 rings (SSSR count). The molecule has 0 spiro atoms. The van der Waals surface area contributed by atoms with Crippen molar-refractivity contribution in [3.63, 3.8) is 0 Å². The third kappa shape index (κ3) is 6.37. The Morgan fingerprint density at radius 2 is 1.90 bits per heavy atom. The number of hydrogen-bond acceptors (Lipinski definition) is 3. The molecule has 0 saturated heterocycles. The first-order chi connectivity index (χ1) is 9.95. The van der Waals surface area contributed by atoms with E-state index < -0.39 is 0 Å². The highest BCUT2D eigenvalue weighted by atomic mass is 35.5. The van der Waals surface area contributed by atoms with Crippen LogP contribution in [0.4, 0.5) is 0 Å². The van der Waals surface area contributed by atoms with Gasteiger partial charge in [-0.2, -0.15) is 0 Å². The summed E-state index contributed by atoms with van der Waals surface area (Å²) in [5, 5.41) is 4.06. The molecule has 1 heterocycles. The molecule has 21 heavy (non-hydrogen) atoms. The predicted molar refractivity (Wildman–Crippen MR) is 90.9 cm³/mol. The monoisotopic (exact) mass is 314 g/mol. The van der Waals surface area contributed by atoms with E-state index in [4.69, 9.17) is 11.6 Å². The van der Waals surface area contributed by atoms with Gasteiger partial charge in [0, 0.05) is 38.1 Å². The van der Waals surface area contributed by atoms with Crippen LogP contribution in [-0.2, 0) is 13.0 Å². The molecule has 0 atom stereocenters. The number of H-pyrrole nitrogens is 1. The van der Waals surface area contributed by atoms with E-state index in [0.717, 1.165) is 44.0 Å². The Bertz CT molecular complexity index is 393. The molecule has 0 saturated carbocycles. The Morgan fingerprint density at radius 1 is 1.24 bits per heavy atom. The van der Waals surface area contributed by atoms with E-state index in [0.29, 0.717) is 17.2 Å². The van der Waals surface area contributed by atoms with E-state index in [1.54, 1.807) is 0 Å². The highest BCUT2D eigenvalue weighted by Crippen LogP contribution is 2.14. The van der Waals surface area contributed by atoms with E-state index in [9.17, 15) is 0 Å². The lowest BCUT2D eigenvalue weighted by Gasteiger charge is -2.30. The summed E-state index contributed by atoms with van der Waals surface area (Å²) in [5.41, 5.74) is 1.00. The Kier molecular flexibility index (Phi) is 8.30. The molecule has 4 nitrogen and oxygen atoms in total. The van der Waals surface area contributed by atoms with Crippen molar-refractivity contribution >= 4 is 11.6 Å². The zero-order valence-corrected chi connectivity index (χ0v) is 14.9. The van der Waals surface area contributed by atoms with Gasteiger partial charge < -0.3 is 10.3 Å². The average Bonchev–Trinajstić information content (AvgIpc) is 2.76. The lowest BCUT2D eigenvalue weighted by Crippen LogP contribution is -2.41. The number of aromatic nitrogens is 2. The van der Waals surface area contributed by atoms with Crippen LogP contribution < -0.4 is 5.32 Å². The number of unbranched alkanes of at least 4 members (excludes halogenated alkanes) is 1. The summed E-state index contributed by atoms with van der Waals surface area (Å²) in [6.07, 6.45) is 3.30. The molecular weight excluding hydrogens is 284 g/mol. The molecule has 122 valence electrons. The molecule has 0 aliphatic heterocycles. The van der Waals surface area contributed by atoms with Crippen molar-refractivity contribution < 1.29 is 0 Å². The third-order valence-electron chi connectivity index (χ3n) is 3.72. The number of nitrogens with zero attached hydrogens (tertiary/aromatic N) is 2. The number of hydrogen-bond donors (Lipinski definition) is 2. The second kappa shape index (κ2) is 9.44. The molecule has 0 fully saturated rings. The maximum Gasteiger partial charge on any atom is 0.151 e. The van der Waals surface area contributed by atoms with Crippen molar-refractivity contribution in [1.82, 2.24) is 20.2 Å². The standard InChI is InChI=1S/C16H31ClN4/c1-6-7-8-15-19-14(16(17)20-15)11-18-9-10-21(12(2)3)13(4)5/h12-13,18H,6-11H2,1-5H3,(H,19,20). The van der Waals surface area contributed by atoms with Crippen molar-refractivity contribution in [2.75, 3.05) is 13.1 Å². The maximum absolute atomic E-state index is 6.17. The highest BCUT2D eigenvalue weighted by molar-refractivity contribution is 6.30. The van der Waals surface area contributed by atoms with Gasteiger partial charge >= 0.3 is 0 Å². The SMILES string of the molecule is CCCCc1nc(Cl)c(CNCCN(C(C)C)C(C)C)[nH]1. The summed E-state index contributed by atoms with van der Waals surface area (Å²) in [6, 6.07) is 1.14. The molecule has 1 aromatic rings. The summed E-state index contributed by atoms with van der Waals surface area (Å²) in [7, 11) is 0. The second-order valence-corrected chi connectivity index (χ2v) is 6.52. The Balaban J connectivity index is 2.36. The minimum atomic E-state index is 0.572. The summed E-state index contributed by atoms with van der Waals surface area (Å²) < 4.78 is 0. The molecule has 0 aliphatic carbocycles. The molecule has 0 unspecified atom stereocenters. The van der Waals surface area contributed by atoms with E-state index in [2.05, 4.69) is 54.8 Å². The van der Waals surface area contributed by atoms with Crippen molar-refractivity contribution in [3.8, 4) is 0 Å². The second-order valence-electron chi connectivity index (χ2n) is 6.16. The first-order valence-electron chi connectivity index (χ1n) is 8.15. The lowest BCUT2D eigenvalue weighted by atomic mass is 10.2. The van der Waals surface area contributed by atoms with Crippen LogP contribution in [0.1, 0.15) is 59.0 Å². The van der Waals surface area contributed by atoms with Crippen molar-refractivity contribution in [2.24, 2.45) is 0 Å². The molecule has 0 aromatic carbocycles. The van der Waals surface area contributed by atoms with E-state index >= 15 is 0 Å². The van der Waals surface area contributed by atoms with Gasteiger partial charge in [0.25, 0.3) is 0 Å². The fourth-order valence-corrected chi connectivity index (χ4v) is 2.77. The predicted octanol–water partition coefficient (Wildman–Crippen LogP) is 3.61. The van der Waals surface area contributed by atoms with Gasteiger partial charge in [-0.05, 0) is 34.1 Å². The minimum Gasteiger partial charge on any atom is -0.344 e. The van der Waals surface area contributed by atoms with Crippen LogP contribution in [0.15, 0.2) is 0 Å². The van der Waals surface area contributed by atoms with Crippen LogP contribution in [0.5, 0.6) is 0 Å². The van der Waals surface area contributed by atoms with Gasteiger partial charge in [0.05, 0.1) is 5.69 Å². The quantitative estimate of drug-likeness (QED) is 0.648. The van der Waals surface area contributed by atoms with E-state index in [1.807, 2.05) is 0 Å². The van der Waals surface area contributed by atoms with Crippen LogP contribution in [0.3, 0.4) is 0 Å². The van der Waals surface area contributed by atoms with Crippen molar-refractivity contribution in [3.05, 3.63) is 16.7 Å². The largest absolute Gasteiger partial charge is 0.344 e. The lowest BCUT2D eigenvalue weighted by molar-refractivity contribution is 0.175. The van der Waals surface area contributed by atoms with Gasteiger partial charge in [0.1, 0.15) is 5.82 Å². The Labute approximate surface area is 134 Å². The van der Waals surface area contributed by atoms with Gasteiger partial charge in [-0.3, -0.25) is 4.90 Å². The van der Waals surface area contributed by atoms with Gasteiger partial charge in [-0.1, -0.05) is 24.9 Å². The molecule has 0 radical (unpaired) electrons. The molecule has 0 aliphatic rings. The van der Waals surface area contributed by atoms with Gasteiger partial charge in [0.2, 0.25) is 0 Å². The molecule has 0 amide bonds. The Hall–Kier alpha value is -0.580. The van der Waals surface area contributed by atoms with E-state index in [1.165, 1.54) is 6.42 Å². The topological polar surface area (TPSA) is 44.0 Å². The van der Waals surface area contributed by atoms with Crippen LogP contribution in [0, 0.1) is 0 Å². The summed E-state index contributed by atoms with van der Waals surface area (Å²) in [6.45, 7) is 13.9. The fourth-order valence-electron chi connectivity index (χ4n) is 2.55. The van der Waals surface area contributed by atoms with Crippen LogP contribution in [0.25, 0.3) is 0 Å². The van der Waals surface area contributed by atoms with Gasteiger partial charge in [0.15, 0.2) is 5.15 Å². The summed E-state index contributed by atoms with van der Waals surface area (Å²) in [4.78, 5) is 10.2. The van der Waals surface area contributed by atoms with Crippen LogP contribution >= 0.6 is 11.6 Å². The van der Waals surface area contributed by atoms with Crippen LogP contribution in [-0.4, -0.2) is 40.0 Å². The number of aromatic amines is 1. The average molecular weight is 315 g/mol. The summed E-state index contributed by atoms with van der Waals surface area (Å²) in [5.74, 6) is 1.00. The number of imidazole rings is 1. The smallest absolute Gasteiger partial charge is 0.151 e. The minimum absolute atomic E-state index is 0.572.